The molecule has 0 fully saturated rings. The Labute approximate surface area is 106 Å². The summed E-state index contributed by atoms with van der Waals surface area (Å²) in [5.41, 5.74) is 1.63. The molecule has 2 rings (SSSR count). The molecule has 0 amide bonds. The van der Waals surface area contributed by atoms with Gasteiger partial charge in [-0.1, -0.05) is 36.4 Å². The molecular formula is C14H15O3P. The van der Waals surface area contributed by atoms with Crippen molar-refractivity contribution in [2.24, 2.45) is 0 Å². The summed E-state index contributed by atoms with van der Waals surface area (Å²) < 4.78 is 0. The maximum atomic E-state index is 10.0. The third-order valence-corrected chi connectivity index (χ3v) is 3.98. The molecule has 1 atom stereocenters. The van der Waals surface area contributed by atoms with Gasteiger partial charge in [-0.25, -0.2) is 0 Å². The van der Waals surface area contributed by atoms with Gasteiger partial charge in [0.1, 0.15) is 11.5 Å². The van der Waals surface area contributed by atoms with Crippen LogP contribution in [0, 0.1) is 0 Å². The second kappa shape index (κ2) is 5.76. The highest BCUT2D eigenvalue weighted by atomic mass is 31.1. The van der Waals surface area contributed by atoms with Crippen LogP contribution in [-0.4, -0.2) is 20.9 Å². The molecule has 0 aliphatic carbocycles. The molecule has 0 spiro atoms. The van der Waals surface area contributed by atoms with E-state index in [9.17, 15) is 15.1 Å². The van der Waals surface area contributed by atoms with E-state index in [-0.39, 0.29) is 11.5 Å². The Balaban J connectivity index is 2.16. The van der Waals surface area contributed by atoms with Crippen molar-refractivity contribution in [2.45, 2.75) is 6.16 Å². The molecule has 0 saturated heterocycles. The van der Waals surface area contributed by atoms with Gasteiger partial charge in [-0.2, -0.15) is 0 Å². The topological polar surface area (TPSA) is 60.7 Å². The summed E-state index contributed by atoms with van der Waals surface area (Å²) in [6.07, 6.45) is 0.408. The zero-order chi connectivity index (χ0) is 13.0. The largest absolute Gasteiger partial charge is 0.508 e. The lowest BCUT2D eigenvalue weighted by Gasteiger charge is -2.05. The minimum Gasteiger partial charge on any atom is -0.508 e. The zero-order valence-electron chi connectivity index (χ0n) is 9.74. The van der Waals surface area contributed by atoms with Crippen LogP contribution in [0.1, 0.15) is 11.1 Å². The molecule has 0 aliphatic heterocycles. The predicted octanol–water partition coefficient (Wildman–Crippen LogP) is 2.57. The lowest BCUT2D eigenvalue weighted by molar-refractivity contribution is 0.447. The van der Waals surface area contributed by atoms with Crippen molar-refractivity contribution in [3.63, 3.8) is 0 Å². The molecular weight excluding hydrogens is 247 g/mol. The molecule has 4 heteroatoms. The van der Waals surface area contributed by atoms with Crippen LogP contribution in [0.25, 0.3) is 0 Å². The van der Waals surface area contributed by atoms with E-state index >= 15 is 0 Å². The Bertz CT molecular complexity index is 565. The van der Waals surface area contributed by atoms with Crippen molar-refractivity contribution in [2.75, 3.05) is 0 Å². The second-order valence-electron chi connectivity index (χ2n) is 4.04. The second-order valence-corrected chi connectivity index (χ2v) is 5.66. The summed E-state index contributed by atoms with van der Waals surface area (Å²) in [5, 5.41) is 18.8. The van der Waals surface area contributed by atoms with E-state index < -0.39 is 7.77 Å². The van der Waals surface area contributed by atoms with Crippen LogP contribution in [0.3, 0.4) is 0 Å². The molecule has 2 aromatic carbocycles. The monoisotopic (exact) mass is 262 g/mol. The first-order chi connectivity index (χ1) is 8.65. The van der Waals surface area contributed by atoms with Gasteiger partial charge < -0.3 is 15.1 Å². The highest BCUT2D eigenvalue weighted by Crippen LogP contribution is 2.31. The Hall–Kier alpha value is -1.70. The molecule has 18 heavy (non-hydrogen) atoms. The van der Waals surface area contributed by atoms with Crippen LogP contribution in [0.15, 0.2) is 48.5 Å². The van der Waals surface area contributed by atoms with E-state index in [1.165, 1.54) is 12.1 Å². The molecule has 3 N–H and O–H groups in total. The van der Waals surface area contributed by atoms with Gasteiger partial charge in [-0.05, 0) is 25.2 Å². The fourth-order valence-corrected chi connectivity index (χ4v) is 3.06. The lowest BCUT2D eigenvalue weighted by atomic mass is 10.2. The minimum absolute atomic E-state index is 0.0213. The third kappa shape index (κ3) is 3.39. The van der Waals surface area contributed by atoms with Crippen molar-refractivity contribution < 1.29 is 15.1 Å². The average molecular weight is 262 g/mol. The molecule has 0 aromatic heterocycles. The fraction of sp³-hybridized carbons (Fsp3) is 0.0714. The van der Waals surface area contributed by atoms with Crippen LogP contribution < -0.4 is 0 Å². The maximum Gasteiger partial charge on any atom is 0.122 e. The van der Waals surface area contributed by atoms with Gasteiger partial charge in [-0.3, -0.25) is 0 Å². The van der Waals surface area contributed by atoms with Crippen LogP contribution >= 0.6 is 7.77 Å². The normalized spacial score (nSPS) is 12.5. The van der Waals surface area contributed by atoms with E-state index in [4.69, 9.17) is 0 Å². The summed E-state index contributed by atoms with van der Waals surface area (Å²) in [7, 11) is -1.70. The van der Waals surface area contributed by atoms with Crippen LogP contribution in [0.2, 0.25) is 0 Å². The molecule has 94 valence electrons. The molecule has 0 radical (unpaired) electrons. The van der Waals surface area contributed by atoms with Crippen molar-refractivity contribution in [3.05, 3.63) is 59.7 Å². The first-order valence-corrected chi connectivity index (χ1v) is 7.34. The van der Waals surface area contributed by atoms with Gasteiger partial charge in [0.2, 0.25) is 0 Å². The Morgan fingerprint density at radius 1 is 1.00 bits per heavy atom. The minimum atomic E-state index is -1.70. The van der Waals surface area contributed by atoms with Gasteiger partial charge in [0.05, 0.1) is 0 Å². The molecule has 2 aromatic rings. The van der Waals surface area contributed by atoms with E-state index in [0.29, 0.717) is 11.7 Å². The first-order valence-electron chi connectivity index (χ1n) is 5.60. The number of phenolic OH excluding ortho intramolecular Hbond substituents is 2. The van der Waals surface area contributed by atoms with Gasteiger partial charge >= 0.3 is 0 Å². The number of phenols is 2. The van der Waals surface area contributed by atoms with Crippen molar-refractivity contribution in [1.29, 1.82) is 0 Å². The van der Waals surface area contributed by atoms with Crippen molar-refractivity contribution in [3.8, 4) is 11.5 Å². The Morgan fingerprint density at radius 3 is 2.39 bits per heavy atom. The Kier molecular flexibility index (Phi) is 4.08. The van der Waals surface area contributed by atoms with E-state index in [1.54, 1.807) is 6.07 Å². The number of hydrogen-bond donors (Lipinski definition) is 3. The first kappa shape index (κ1) is 12.7. The SMILES string of the molecule is Oc1ccc(C/[PH](O)=C/c2ccccc2)c(O)c1. The molecule has 0 heterocycles. The highest BCUT2D eigenvalue weighted by molar-refractivity contribution is 7.51. The van der Waals surface area contributed by atoms with E-state index in [0.717, 1.165) is 5.56 Å². The molecule has 3 nitrogen and oxygen atoms in total. The van der Waals surface area contributed by atoms with E-state index in [1.807, 2.05) is 36.1 Å². The van der Waals surface area contributed by atoms with Crippen LogP contribution in [-0.2, 0) is 6.16 Å². The standard InChI is InChI=1S/C14H15O3P/c15-13-7-6-12(14(16)8-13)10-18(17)9-11-4-2-1-3-5-11/h1-9,15-18H,10H2. The average Bonchev–Trinajstić information content (AvgIpc) is 2.34. The Morgan fingerprint density at radius 2 is 1.72 bits per heavy atom. The molecule has 0 saturated carbocycles. The summed E-state index contributed by atoms with van der Waals surface area (Å²) in [6.45, 7) is 0. The van der Waals surface area contributed by atoms with Gasteiger partial charge in [-0.15, -0.1) is 0 Å². The summed E-state index contributed by atoms with van der Waals surface area (Å²) in [4.78, 5) is 10.0. The molecule has 1 unspecified atom stereocenters. The van der Waals surface area contributed by atoms with Gasteiger partial charge in [0.25, 0.3) is 0 Å². The van der Waals surface area contributed by atoms with Crippen LogP contribution in [0.4, 0.5) is 0 Å². The van der Waals surface area contributed by atoms with Crippen LogP contribution in [0.5, 0.6) is 11.5 Å². The smallest absolute Gasteiger partial charge is 0.122 e. The van der Waals surface area contributed by atoms with Gasteiger partial charge in [0, 0.05) is 17.8 Å². The molecule has 0 bridgehead atoms. The summed E-state index contributed by atoms with van der Waals surface area (Å²) >= 11 is 0. The lowest BCUT2D eigenvalue weighted by Crippen LogP contribution is -1.84. The summed E-state index contributed by atoms with van der Waals surface area (Å²) in [6, 6.07) is 14.0. The predicted molar refractivity (Wildman–Crippen MR) is 75.6 cm³/mol. The highest BCUT2D eigenvalue weighted by Gasteiger charge is 2.03. The number of rotatable bonds is 3. The molecule has 0 aliphatic rings. The number of hydrogen-bond acceptors (Lipinski definition) is 3. The quantitative estimate of drug-likeness (QED) is 0.745. The van der Waals surface area contributed by atoms with Crippen molar-refractivity contribution >= 4 is 13.6 Å². The number of aromatic hydroxyl groups is 2. The van der Waals surface area contributed by atoms with E-state index in [2.05, 4.69) is 0 Å². The summed E-state index contributed by atoms with van der Waals surface area (Å²) in [5.74, 6) is 1.87. The van der Waals surface area contributed by atoms with Crippen molar-refractivity contribution in [1.82, 2.24) is 0 Å². The van der Waals surface area contributed by atoms with Gasteiger partial charge in [0.15, 0.2) is 0 Å². The number of benzene rings is 2. The third-order valence-electron chi connectivity index (χ3n) is 2.57. The maximum absolute atomic E-state index is 10.0. The fourth-order valence-electron chi connectivity index (χ4n) is 1.69. The zero-order valence-corrected chi connectivity index (χ0v) is 10.7.